The number of pyridine rings is 1. The van der Waals surface area contributed by atoms with Gasteiger partial charge >= 0.3 is 0 Å². The van der Waals surface area contributed by atoms with Crippen molar-refractivity contribution in [2.45, 2.75) is 58.4 Å². The average Bonchev–Trinajstić information content (AvgIpc) is 3.33. The molecule has 2 unspecified atom stereocenters. The van der Waals surface area contributed by atoms with Gasteiger partial charge in [-0.15, -0.1) is 0 Å². The predicted molar refractivity (Wildman–Crippen MR) is 143 cm³/mol. The molecule has 38 heavy (non-hydrogen) atoms. The summed E-state index contributed by atoms with van der Waals surface area (Å²) in [6, 6.07) is 17.5. The van der Waals surface area contributed by atoms with Crippen LogP contribution in [0.15, 0.2) is 60.8 Å². The van der Waals surface area contributed by atoms with Crippen molar-refractivity contribution < 1.29 is 18.7 Å². The molecular weight excluding hydrogens is 483 g/mol. The van der Waals surface area contributed by atoms with E-state index in [0.717, 1.165) is 35.9 Å². The van der Waals surface area contributed by atoms with Crippen LogP contribution in [-0.2, 0) is 0 Å². The minimum Gasteiger partial charge on any atom is -0.491 e. The van der Waals surface area contributed by atoms with Gasteiger partial charge in [0.1, 0.15) is 11.6 Å². The van der Waals surface area contributed by atoms with E-state index in [0.29, 0.717) is 12.4 Å². The van der Waals surface area contributed by atoms with Crippen molar-refractivity contribution in [1.29, 1.82) is 5.26 Å². The maximum absolute atomic E-state index is 14.4. The van der Waals surface area contributed by atoms with Crippen molar-refractivity contribution in [3.63, 3.8) is 0 Å². The van der Waals surface area contributed by atoms with Crippen LogP contribution in [0.1, 0.15) is 67.2 Å². The molecule has 2 aromatic carbocycles. The molecule has 1 aliphatic heterocycles. The SMILES string of the molecule is CC(C)Oc1ccc(C(c2ccc(OC(C)C)nc2)N2CCC(NC(=O)c3ccc(C#N)cc3F)C2)cc1. The monoisotopic (exact) mass is 516 g/mol. The largest absolute Gasteiger partial charge is 0.491 e. The fourth-order valence-electron chi connectivity index (χ4n) is 4.65. The average molecular weight is 517 g/mol. The van der Waals surface area contributed by atoms with Gasteiger partial charge in [-0.05, 0) is 75.6 Å². The van der Waals surface area contributed by atoms with Crippen LogP contribution in [0.2, 0.25) is 0 Å². The lowest BCUT2D eigenvalue weighted by Crippen LogP contribution is -2.38. The molecule has 8 heteroatoms. The highest BCUT2D eigenvalue weighted by atomic mass is 19.1. The van der Waals surface area contributed by atoms with E-state index in [1.165, 1.54) is 12.1 Å². The first-order valence-corrected chi connectivity index (χ1v) is 12.9. The van der Waals surface area contributed by atoms with Gasteiger partial charge in [0.25, 0.3) is 5.91 Å². The van der Waals surface area contributed by atoms with Crippen molar-refractivity contribution >= 4 is 5.91 Å². The maximum atomic E-state index is 14.4. The minimum atomic E-state index is -0.701. The number of amides is 1. The number of benzene rings is 2. The van der Waals surface area contributed by atoms with Crippen molar-refractivity contribution in [2.75, 3.05) is 13.1 Å². The van der Waals surface area contributed by atoms with E-state index >= 15 is 0 Å². The third-order valence-corrected chi connectivity index (χ3v) is 6.26. The summed E-state index contributed by atoms with van der Waals surface area (Å²) in [5.74, 6) is 0.187. The number of hydrogen-bond acceptors (Lipinski definition) is 6. The second-order valence-electron chi connectivity index (χ2n) is 9.99. The molecule has 3 aromatic rings. The molecule has 4 rings (SSSR count). The van der Waals surface area contributed by atoms with Gasteiger partial charge in [-0.25, -0.2) is 9.37 Å². The number of rotatable bonds is 9. The highest BCUT2D eigenvalue weighted by molar-refractivity contribution is 5.94. The molecule has 1 aromatic heterocycles. The van der Waals surface area contributed by atoms with E-state index in [1.807, 2.05) is 64.2 Å². The molecule has 198 valence electrons. The summed E-state index contributed by atoms with van der Waals surface area (Å²) >= 11 is 0. The molecule has 0 saturated carbocycles. The first-order chi connectivity index (χ1) is 18.2. The van der Waals surface area contributed by atoms with Crippen LogP contribution in [0.3, 0.4) is 0 Å². The summed E-state index contributed by atoms with van der Waals surface area (Å²) in [4.78, 5) is 19.6. The molecule has 0 bridgehead atoms. The second kappa shape index (κ2) is 12.1. The lowest BCUT2D eigenvalue weighted by Gasteiger charge is -2.29. The zero-order chi connectivity index (χ0) is 27.2. The lowest BCUT2D eigenvalue weighted by atomic mass is 9.98. The highest BCUT2D eigenvalue weighted by Crippen LogP contribution is 2.33. The zero-order valence-electron chi connectivity index (χ0n) is 22.1. The predicted octanol–water partition coefficient (Wildman–Crippen LogP) is 5.26. The van der Waals surface area contributed by atoms with Crippen molar-refractivity contribution in [3.8, 4) is 17.7 Å². The lowest BCUT2D eigenvalue weighted by molar-refractivity contribution is 0.0932. The van der Waals surface area contributed by atoms with Gasteiger partial charge in [-0.1, -0.05) is 18.2 Å². The van der Waals surface area contributed by atoms with Gasteiger partial charge in [0.05, 0.1) is 35.4 Å². The number of aromatic nitrogens is 1. The maximum Gasteiger partial charge on any atom is 0.254 e. The number of nitrogens with zero attached hydrogens (tertiary/aromatic N) is 3. The Balaban J connectivity index is 1.54. The number of carbonyl (C=O) groups excluding carboxylic acids is 1. The number of halogens is 1. The Morgan fingerprint density at radius 3 is 2.37 bits per heavy atom. The summed E-state index contributed by atoms with van der Waals surface area (Å²) < 4.78 is 25.9. The van der Waals surface area contributed by atoms with Gasteiger partial charge in [0, 0.05) is 31.4 Å². The minimum absolute atomic E-state index is 0.0292. The molecular formula is C30H33FN4O3. The number of hydrogen-bond donors (Lipinski definition) is 1. The molecule has 1 saturated heterocycles. The van der Waals surface area contributed by atoms with Gasteiger partial charge in [0.2, 0.25) is 5.88 Å². The van der Waals surface area contributed by atoms with Crippen molar-refractivity contribution in [3.05, 3.63) is 88.9 Å². The van der Waals surface area contributed by atoms with E-state index in [1.54, 1.807) is 0 Å². The quantitative estimate of drug-likeness (QED) is 0.417. The van der Waals surface area contributed by atoms with Gasteiger partial charge in [-0.2, -0.15) is 5.26 Å². The number of ether oxygens (including phenoxy) is 2. The molecule has 0 spiro atoms. The Labute approximate surface area is 223 Å². The van der Waals surface area contributed by atoms with Crippen molar-refractivity contribution in [2.24, 2.45) is 0 Å². The number of nitriles is 1. The first kappa shape index (κ1) is 27.1. The van der Waals surface area contributed by atoms with E-state index in [-0.39, 0.29) is 35.4 Å². The van der Waals surface area contributed by atoms with E-state index in [4.69, 9.17) is 14.7 Å². The molecule has 1 fully saturated rings. The topological polar surface area (TPSA) is 87.5 Å². The standard InChI is InChI=1S/C30H33FN4O3/c1-19(2)37-25-9-6-22(7-10-25)29(23-8-12-28(33-17-23)38-20(3)4)35-14-13-24(18-35)34-30(36)26-11-5-21(16-32)15-27(26)31/h5-12,15,17,19-20,24,29H,13-14,18H2,1-4H3,(H,34,36). The molecule has 7 nitrogen and oxygen atoms in total. The van der Waals surface area contributed by atoms with E-state index < -0.39 is 11.7 Å². The van der Waals surface area contributed by atoms with E-state index in [9.17, 15) is 9.18 Å². The van der Waals surface area contributed by atoms with Crippen LogP contribution in [0.5, 0.6) is 11.6 Å². The molecule has 1 N–H and O–H groups in total. The Hall–Kier alpha value is -3.96. The summed E-state index contributed by atoms with van der Waals surface area (Å²) in [5.41, 5.74) is 2.19. The molecule has 2 atom stereocenters. The summed E-state index contributed by atoms with van der Waals surface area (Å²) in [7, 11) is 0. The van der Waals surface area contributed by atoms with Crippen LogP contribution in [0, 0.1) is 17.1 Å². The number of nitrogens with one attached hydrogen (secondary N) is 1. The Bertz CT molecular complexity index is 1230. The van der Waals surface area contributed by atoms with Gasteiger partial charge in [0.15, 0.2) is 0 Å². The summed E-state index contributed by atoms with van der Waals surface area (Å²) in [6.07, 6.45) is 2.66. The van der Waals surface area contributed by atoms with Crippen LogP contribution >= 0.6 is 0 Å². The molecule has 1 aliphatic rings. The molecule has 0 aliphatic carbocycles. The van der Waals surface area contributed by atoms with Crippen LogP contribution in [0.4, 0.5) is 4.39 Å². The summed E-state index contributed by atoms with van der Waals surface area (Å²) in [5, 5.41) is 11.9. The fraction of sp³-hybridized carbons (Fsp3) is 0.367. The van der Waals surface area contributed by atoms with E-state index in [2.05, 4.69) is 27.3 Å². The number of likely N-dealkylation sites (tertiary alicyclic amines) is 1. The van der Waals surface area contributed by atoms with Crippen LogP contribution < -0.4 is 14.8 Å². The fourth-order valence-corrected chi connectivity index (χ4v) is 4.65. The Kier molecular flexibility index (Phi) is 8.59. The third-order valence-electron chi connectivity index (χ3n) is 6.26. The summed E-state index contributed by atoms with van der Waals surface area (Å²) in [6.45, 7) is 9.23. The Morgan fingerprint density at radius 1 is 1.05 bits per heavy atom. The Morgan fingerprint density at radius 2 is 1.76 bits per heavy atom. The van der Waals surface area contributed by atoms with Gasteiger partial charge < -0.3 is 14.8 Å². The third kappa shape index (κ3) is 6.67. The number of carbonyl (C=O) groups is 1. The smallest absolute Gasteiger partial charge is 0.254 e. The molecule has 0 radical (unpaired) electrons. The molecule has 1 amide bonds. The van der Waals surface area contributed by atoms with Crippen LogP contribution in [-0.4, -0.2) is 47.1 Å². The zero-order valence-corrected chi connectivity index (χ0v) is 22.1. The first-order valence-electron chi connectivity index (χ1n) is 12.9. The molecule has 2 heterocycles. The second-order valence-corrected chi connectivity index (χ2v) is 9.99. The van der Waals surface area contributed by atoms with Gasteiger partial charge in [-0.3, -0.25) is 9.69 Å². The highest BCUT2D eigenvalue weighted by Gasteiger charge is 2.32. The normalized spacial score (nSPS) is 16.3. The van der Waals surface area contributed by atoms with Crippen LogP contribution in [0.25, 0.3) is 0 Å². The van der Waals surface area contributed by atoms with Crippen molar-refractivity contribution in [1.82, 2.24) is 15.2 Å².